The number of Topliss-reactive ketones (excluding diaryl/α,β-unsaturated/α-hetero) is 1. The monoisotopic (exact) mass is 224 g/mol. The quantitative estimate of drug-likeness (QED) is 0.785. The van der Waals surface area contributed by atoms with Crippen LogP contribution in [-0.4, -0.2) is 36.9 Å². The van der Waals surface area contributed by atoms with E-state index in [1.165, 1.54) is 25.7 Å². The molecule has 0 spiro atoms. The Morgan fingerprint density at radius 2 is 1.94 bits per heavy atom. The summed E-state index contributed by atoms with van der Waals surface area (Å²) < 4.78 is 0. The predicted molar refractivity (Wildman–Crippen MR) is 65.2 cm³/mol. The second-order valence-corrected chi connectivity index (χ2v) is 5.43. The number of nitrogens with two attached hydrogens (primary N) is 1. The number of rotatable bonds is 4. The Hall–Kier alpha value is -0.410. The molecule has 1 unspecified atom stereocenters. The van der Waals surface area contributed by atoms with Crippen molar-refractivity contribution in [1.29, 1.82) is 0 Å². The minimum atomic E-state index is 0.366. The molecule has 2 N–H and O–H groups in total. The van der Waals surface area contributed by atoms with E-state index in [0.717, 1.165) is 32.5 Å². The molecule has 0 radical (unpaired) electrons. The van der Waals surface area contributed by atoms with Gasteiger partial charge in [0, 0.05) is 12.5 Å². The standard InChI is InChI=1S/C13H24N2O/c14-8-11-6-7-15(9-11)10-13(16)12-4-2-1-3-5-12/h11-12H,1-10,14H2. The second kappa shape index (κ2) is 5.78. The number of likely N-dealkylation sites (tertiary alicyclic amines) is 1. The van der Waals surface area contributed by atoms with Crippen LogP contribution in [0.25, 0.3) is 0 Å². The van der Waals surface area contributed by atoms with E-state index >= 15 is 0 Å². The van der Waals surface area contributed by atoms with Crippen molar-refractivity contribution in [3.8, 4) is 0 Å². The van der Waals surface area contributed by atoms with Crippen molar-refractivity contribution in [2.75, 3.05) is 26.2 Å². The van der Waals surface area contributed by atoms with Gasteiger partial charge in [-0.1, -0.05) is 19.3 Å². The van der Waals surface area contributed by atoms with Gasteiger partial charge in [0.05, 0.1) is 6.54 Å². The molecular formula is C13H24N2O. The first-order chi connectivity index (χ1) is 7.79. The van der Waals surface area contributed by atoms with E-state index in [1.807, 2.05) is 0 Å². The third kappa shape index (κ3) is 3.05. The van der Waals surface area contributed by atoms with Crippen LogP contribution in [0.4, 0.5) is 0 Å². The average molecular weight is 224 g/mol. The van der Waals surface area contributed by atoms with Gasteiger partial charge in [-0.05, 0) is 38.3 Å². The maximum atomic E-state index is 12.1. The normalized spacial score (nSPS) is 28.4. The van der Waals surface area contributed by atoms with Gasteiger partial charge in [-0.15, -0.1) is 0 Å². The van der Waals surface area contributed by atoms with Crippen LogP contribution in [0.5, 0.6) is 0 Å². The zero-order chi connectivity index (χ0) is 11.4. The molecule has 0 aromatic heterocycles. The van der Waals surface area contributed by atoms with Crippen LogP contribution in [0.15, 0.2) is 0 Å². The van der Waals surface area contributed by atoms with Gasteiger partial charge in [-0.3, -0.25) is 9.69 Å². The fourth-order valence-corrected chi connectivity index (χ4v) is 3.02. The van der Waals surface area contributed by atoms with Crippen LogP contribution in [0, 0.1) is 11.8 Å². The lowest BCUT2D eigenvalue weighted by Gasteiger charge is -2.23. The largest absolute Gasteiger partial charge is 0.330 e. The first-order valence-electron chi connectivity index (χ1n) is 6.74. The lowest BCUT2D eigenvalue weighted by Crippen LogP contribution is -2.33. The first-order valence-corrected chi connectivity index (χ1v) is 6.74. The summed E-state index contributed by atoms with van der Waals surface area (Å²) in [7, 11) is 0. The van der Waals surface area contributed by atoms with Gasteiger partial charge >= 0.3 is 0 Å². The van der Waals surface area contributed by atoms with E-state index in [9.17, 15) is 4.79 Å². The Morgan fingerprint density at radius 1 is 1.19 bits per heavy atom. The molecule has 92 valence electrons. The van der Waals surface area contributed by atoms with Crippen LogP contribution in [-0.2, 0) is 4.79 Å². The van der Waals surface area contributed by atoms with Gasteiger partial charge in [0.1, 0.15) is 5.78 Å². The number of carbonyl (C=O) groups excluding carboxylic acids is 1. The van der Waals surface area contributed by atoms with Crippen molar-refractivity contribution in [1.82, 2.24) is 4.90 Å². The molecule has 16 heavy (non-hydrogen) atoms. The zero-order valence-electron chi connectivity index (χ0n) is 10.2. The molecule has 1 aliphatic carbocycles. The lowest BCUT2D eigenvalue weighted by atomic mass is 9.86. The number of ketones is 1. The third-order valence-corrected chi connectivity index (χ3v) is 4.14. The molecule has 0 aromatic rings. The molecule has 3 heteroatoms. The van der Waals surface area contributed by atoms with Gasteiger partial charge in [-0.2, -0.15) is 0 Å². The summed E-state index contributed by atoms with van der Waals surface area (Å²) in [5.41, 5.74) is 5.66. The van der Waals surface area contributed by atoms with Crippen LogP contribution >= 0.6 is 0 Å². The molecule has 2 aliphatic rings. The molecule has 3 nitrogen and oxygen atoms in total. The smallest absolute Gasteiger partial charge is 0.149 e. The van der Waals surface area contributed by atoms with Crippen molar-refractivity contribution in [3.05, 3.63) is 0 Å². The molecular weight excluding hydrogens is 200 g/mol. The van der Waals surface area contributed by atoms with Crippen LogP contribution in [0.1, 0.15) is 38.5 Å². The van der Waals surface area contributed by atoms with Gasteiger partial charge in [0.15, 0.2) is 0 Å². The zero-order valence-corrected chi connectivity index (χ0v) is 10.2. The minimum absolute atomic E-state index is 0.366. The summed E-state index contributed by atoms with van der Waals surface area (Å²) in [5.74, 6) is 1.47. The molecule has 0 aromatic carbocycles. The minimum Gasteiger partial charge on any atom is -0.330 e. The van der Waals surface area contributed by atoms with E-state index in [2.05, 4.69) is 4.90 Å². The molecule has 0 amide bonds. The predicted octanol–water partition coefficient (Wildman–Crippen LogP) is 1.42. The maximum Gasteiger partial charge on any atom is 0.149 e. The maximum absolute atomic E-state index is 12.1. The Labute approximate surface area is 98.4 Å². The number of nitrogens with zero attached hydrogens (tertiary/aromatic N) is 1. The fourth-order valence-electron chi connectivity index (χ4n) is 3.02. The first kappa shape index (κ1) is 12.1. The van der Waals surface area contributed by atoms with E-state index < -0.39 is 0 Å². The van der Waals surface area contributed by atoms with Crippen molar-refractivity contribution in [2.24, 2.45) is 17.6 Å². The molecule has 1 saturated carbocycles. The Bertz CT molecular complexity index is 236. The van der Waals surface area contributed by atoms with Crippen LogP contribution in [0.2, 0.25) is 0 Å². The highest BCUT2D eigenvalue weighted by atomic mass is 16.1. The Balaban J connectivity index is 1.74. The lowest BCUT2D eigenvalue weighted by molar-refractivity contribution is -0.124. The highest BCUT2D eigenvalue weighted by Crippen LogP contribution is 2.25. The summed E-state index contributed by atoms with van der Waals surface area (Å²) in [6.07, 6.45) is 7.26. The van der Waals surface area contributed by atoms with Gasteiger partial charge in [0.25, 0.3) is 0 Å². The summed E-state index contributed by atoms with van der Waals surface area (Å²) in [5, 5.41) is 0. The Morgan fingerprint density at radius 3 is 2.56 bits per heavy atom. The number of carbonyl (C=O) groups is 1. The highest BCUT2D eigenvalue weighted by Gasteiger charge is 2.26. The molecule has 1 heterocycles. The molecule has 2 fully saturated rings. The van der Waals surface area contributed by atoms with E-state index in [1.54, 1.807) is 0 Å². The summed E-state index contributed by atoms with van der Waals surface area (Å²) in [6, 6.07) is 0. The van der Waals surface area contributed by atoms with E-state index in [-0.39, 0.29) is 0 Å². The molecule has 1 atom stereocenters. The second-order valence-electron chi connectivity index (χ2n) is 5.43. The Kier molecular flexibility index (Phi) is 4.36. The van der Waals surface area contributed by atoms with Crippen LogP contribution in [0.3, 0.4) is 0 Å². The highest BCUT2D eigenvalue weighted by molar-refractivity contribution is 5.83. The number of hydrogen-bond donors (Lipinski definition) is 1. The topological polar surface area (TPSA) is 46.3 Å². The summed E-state index contributed by atoms with van der Waals surface area (Å²) in [4.78, 5) is 14.4. The number of hydrogen-bond acceptors (Lipinski definition) is 3. The van der Waals surface area contributed by atoms with E-state index in [0.29, 0.717) is 24.2 Å². The van der Waals surface area contributed by atoms with Crippen molar-refractivity contribution in [3.63, 3.8) is 0 Å². The third-order valence-electron chi connectivity index (χ3n) is 4.14. The molecule has 1 aliphatic heterocycles. The van der Waals surface area contributed by atoms with Crippen molar-refractivity contribution >= 4 is 5.78 Å². The SMILES string of the molecule is NCC1CCN(CC(=O)C2CCCCC2)C1. The molecule has 1 saturated heterocycles. The van der Waals surface area contributed by atoms with Crippen LogP contribution < -0.4 is 5.73 Å². The summed E-state index contributed by atoms with van der Waals surface area (Å²) >= 11 is 0. The average Bonchev–Trinajstić information content (AvgIpc) is 2.78. The van der Waals surface area contributed by atoms with Gasteiger partial charge in [-0.25, -0.2) is 0 Å². The molecule has 2 rings (SSSR count). The molecule has 0 bridgehead atoms. The van der Waals surface area contributed by atoms with Gasteiger partial charge in [0.2, 0.25) is 0 Å². The van der Waals surface area contributed by atoms with Gasteiger partial charge < -0.3 is 5.73 Å². The summed E-state index contributed by atoms with van der Waals surface area (Å²) in [6.45, 7) is 3.56. The fraction of sp³-hybridized carbons (Fsp3) is 0.923. The van der Waals surface area contributed by atoms with E-state index in [4.69, 9.17) is 5.73 Å². The van der Waals surface area contributed by atoms with Crippen molar-refractivity contribution < 1.29 is 4.79 Å². The van der Waals surface area contributed by atoms with Crippen molar-refractivity contribution in [2.45, 2.75) is 38.5 Å².